The van der Waals surface area contributed by atoms with E-state index in [1.54, 1.807) is 30.3 Å². The number of hydrogen-bond donors (Lipinski definition) is 1. The Morgan fingerprint density at radius 1 is 1.23 bits per heavy atom. The summed E-state index contributed by atoms with van der Waals surface area (Å²) < 4.78 is 15.3. The lowest BCUT2D eigenvalue weighted by molar-refractivity contribution is -0.139. The fourth-order valence-electron chi connectivity index (χ4n) is 1.60. The summed E-state index contributed by atoms with van der Waals surface area (Å²) in [5.74, 6) is 0.0265. The number of carbonyl (C=O) groups is 2. The van der Waals surface area contributed by atoms with Crippen LogP contribution in [0.1, 0.15) is 16.3 Å². The predicted molar refractivity (Wildman–Crippen MR) is 78.8 cm³/mol. The first-order chi connectivity index (χ1) is 10.6. The van der Waals surface area contributed by atoms with E-state index in [1.165, 1.54) is 13.2 Å². The molecule has 0 unspecified atom stereocenters. The van der Waals surface area contributed by atoms with Crippen molar-refractivity contribution in [3.63, 3.8) is 0 Å². The molecule has 0 fully saturated rings. The van der Waals surface area contributed by atoms with Crippen molar-refractivity contribution in [3.05, 3.63) is 52.9 Å². The van der Waals surface area contributed by atoms with Gasteiger partial charge in [0.1, 0.15) is 24.7 Å². The highest BCUT2D eigenvalue weighted by molar-refractivity contribution is 6.32. The summed E-state index contributed by atoms with van der Waals surface area (Å²) in [4.78, 5) is 22.7. The summed E-state index contributed by atoms with van der Waals surface area (Å²) in [6.45, 7) is -0.0878. The van der Waals surface area contributed by atoms with E-state index in [0.717, 1.165) is 0 Å². The third kappa shape index (κ3) is 4.26. The zero-order valence-corrected chi connectivity index (χ0v) is 12.6. The second-order valence-corrected chi connectivity index (χ2v) is 4.65. The largest absolute Gasteiger partial charge is 0.484 e. The lowest BCUT2D eigenvalue weighted by atomic mass is 10.3. The Morgan fingerprint density at radius 3 is 2.73 bits per heavy atom. The Bertz CT molecular complexity index is 667. The van der Waals surface area contributed by atoms with Gasteiger partial charge in [-0.1, -0.05) is 23.7 Å². The van der Waals surface area contributed by atoms with E-state index in [9.17, 15) is 9.59 Å². The third-order valence-electron chi connectivity index (χ3n) is 2.71. The number of halogens is 1. The number of benzene rings is 1. The van der Waals surface area contributed by atoms with Crippen LogP contribution in [-0.2, 0) is 16.1 Å². The lowest BCUT2D eigenvalue weighted by Gasteiger charge is -2.05. The van der Waals surface area contributed by atoms with Gasteiger partial charge in [0.25, 0.3) is 5.91 Å². The van der Waals surface area contributed by atoms with Gasteiger partial charge >= 0.3 is 5.97 Å². The normalized spacial score (nSPS) is 10.1. The number of amides is 1. The zero-order chi connectivity index (χ0) is 15.9. The molecule has 2 aromatic rings. The molecular formula is C15H14ClNO5. The minimum atomic E-state index is -0.540. The molecule has 2 rings (SSSR count). The van der Waals surface area contributed by atoms with Crippen molar-refractivity contribution >= 4 is 23.5 Å². The second kappa shape index (κ2) is 7.51. The van der Waals surface area contributed by atoms with Crippen LogP contribution < -0.4 is 10.1 Å². The molecule has 0 aliphatic rings. The Morgan fingerprint density at radius 2 is 2.00 bits per heavy atom. The monoisotopic (exact) mass is 323 g/mol. The van der Waals surface area contributed by atoms with E-state index in [0.29, 0.717) is 16.5 Å². The number of esters is 1. The summed E-state index contributed by atoms with van der Waals surface area (Å²) in [6, 6.07) is 10.2. The molecule has 0 saturated heterocycles. The van der Waals surface area contributed by atoms with Crippen molar-refractivity contribution in [2.24, 2.45) is 0 Å². The molecule has 22 heavy (non-hydrogen) atoms. The highest BCUT2D eigenvalue weighted by atomic mass is 35.5. The highest BCUT2D eigenvalue weighted by Crippen LogP contribution is 2.24. The van der Waals surface area contributed by atoms with Gasteiger partial charge in [-0.2, -0.15) is 0 Å². The molecule has 0 atom stereocenters. The number of ether oxygens (including phenoxy) is 2. The first-order valence-electron chi connectivity index (χ1n) is 6.41. The van der Waals surface area contributed by atoms with E-state index in [2.05, 4.69) is 10.1 Å². The van der Waals surface area contributed by atoms with Gasteiger partial charge in [-0.3, -0.25) is 9.59 Å². The van der Waals surface area contributed by atoms with Crippen molar-refractivity contribution in [1.29, 1.82) is 0 Å². The van der Waals surface area contributed by atoms with Crippen molar-refractivity contribution in [2.45, 2.75) is 6.61 Å². The maximum absolute atomic E-state index is 11.7. The van der Waals surface area contributed by atoms with Crippen LogP contribution in [0.3, 0.4) is 0 Å². The molecule has 0 saturated carbocycles. The van der Waals surface area contributed by atoms with Crippen LogP contribution in [0, 0.1) is 0 Å². The number of carbonyl (C=O) groups excluding carboxylic acids is 2. The molecule has 1 heterocycles. The van der Waals surface area contributed by atoms with Crippen LogP contribution in [0.25, 0.3) is 0 Å². The number of hydrogen-bond acceptors (Lipinski definition) is 5. The summed E-state index contributed by atoms with van der Waals surface area (Å²) in [7, 11) is 1.24. The van der Waals surface area contributed by atoms with Gasteiger partial charge in [0.05, 0.1) is 12.1 Å². The van der Waals surface area contributed by atoms with Crippen molar-refractivity contribution < 1.29 is 23.5 Å². The zero-order valence-electron chi connectivity index (χ0n) is 11.8. The van der Waals surface area contributed by atoms with Gasteiger partial charge in [-0.25, -0.2) is 0 Å². The highest BCUT2D eigenvalue weighted by Gasteiger charge is 2.13. The van der Waals surface area contributed by atoms with Crippen molar-refractivity contribution in [2.75, 3.05) is 13.7 Å². The van der Waals surface area contributed by atoms with Gasteiger partial charge in [-0.15, -0.1) is 0 Å². The summed E-state index contributed by atoms with van der Waals surface area (Å²) >= 11 is 5.97. The van der Waals surface area contributed by atoms with Crippen LogP contribution in [-0.4, -0.2) is 25.5 Å². The van der Waals surface area contributed by atoms with Crippen LogP contribution >= 0.6 is 11.6 Å². The van der Waals surface area contributed by atoms with Crippen LogP contribution in [0.5, 0.6) is 5.75 Å². The molecule has 7 heteroatoms. The molecule has 0 radical (unpaired) electrons. The number of nitrogens with one attached hydrogen (secondary N) is 1. The van der Waals surface area contributed by atoms with E-state index in [4.69, 9.17) is 20.8 Å². The molecule has 0 bridgehead atoms. The number of methoxy groups -OCH3 is 1. The molecule has 6 nitrogen and oxygen atoms in total. The summed E-state index contributed by atoms with van der Waals surface area (Å²) in [5.41, 5.74) is 0. The molecule has 116 valence electrons. The summed E-state index contributed by atoms with van der Waals surface area (Å²) in [5, 5.41) is 2.87. The minimum absolute atomic E-state index is 0.0849. The first kappa shape index (κ1) is 15.9. The van der Waals surface area contributed by atoms with Gasteiger partial charge in [0, 0.05) is 0 Å². The number of para-hydroxylation sites is 1. The van der Waals surface area contributed by atoms with Gasteiger partial charge in [0.2, 0.25) is 0 Å². The van der Waals surface area contributed by atoms with Crippen molar-refractivity contribution in [3.8, 4) is 5.75 Å². The average molecular weight is 324 g/mol. The lowest BCUT2D eigenvalue weighted by Crippen LogP contribution is -2.29. The second-order valence-electron chi connectivity index (χ2n) is 4.24. The number of furan rings is 1. The maximum Gasteiger partial charge on any atom is 0.325 e. The third-order valence-corrected chi connectivity index (χ3v) is 3.03. The first-order valence-corrected chi connectivity index (χ1v) is 6.79. The van der Waals surface area contributed by atoms with Crippen LogP contribution in [0.15, 0.2) is 40.8 Å². The topological polar surface area (TPSA) is 77.8 Å². The smallest absolute Gasteiger partial charge is 0.325 e. The Hall–Kier alpha value is -2.47. The van der Waals surface area contributed by atoms with E-state index in [-0.39, 0.29) is 18.9 Å². The van der Waals surface area contributed by atoms with Crippen molar-refractivity contribution in [1.82, 2.24) is 5.32 Å². The van der Waals surface area contributed by atoms with Gasteiger partial charge in [0.15, 0.2) is 5.76 Å². The van der Waals surface area contributed by atoms with Gasteiger partial charge < -0.3 is 19.2 Å². The van der Waals surface area contributed by atoms with E-state index in [1.807, 2.05) is 0 Å². The SMILES string of the molecule is COC(=O)CNC(=O)c1ccc(COc2ccccc2Cl)o1. The van der Waals surface area contributed by atoms with E-state index < -0.39 is 11.9 Å². The predicted octanol–water partition coefficient (Wildman–Crippen LogP) is 2.41. The Kier molecular flexibility index (Phi) is 5.43. The Balaban J connectivity index is 1.90. The standard InChI is InChI=1S/C15H14ClNO5/c1-20-14(18)8-17-15(19)13-7-6-10(22-13)9-21-12-5-3-2-4-11(12)16/h2-7H,8-9H2,1H3,(H,17,19). The maximum atomic E-state index is 11.7. The molecule has 1 amide bonds. The molecule has 1 aromatic carbocycles. The fourth-order valence-corrected chi connectivity index (χ4v) is 1.79. The average Bonchev–Trinajstić information content (AvgIpc) is 3.00. The minimum Gasteiger partial charge on any atom is -0.484 e. The molecule has 1 N–H and O–H groups in total. The molecular weight excluding hydrogens is 310 g/mol. The molecule has 0 aliphatic heterocycles. The molecule has 0 aliphatic carbocycles. The van der Waals surface area contributed by atoms with Crippen LogP contribution in [0.2, 0.25) is 5.02 Å². The quantitative estimate of drug-likeness (QED) is 0.826. The summed E-state index contributed by atoms with van der Waals surface area (Å²) in [6.07, 6.45) is 0. The van der Waals surface area contributed by atoms with E-state index >= 15 is 0 Å². The van der Waals surface area contributed by atoms with Crippen LogP contribution in [0.4, 0.5) is 0 Å². The van der Waals surface area contributed by atoms with Gasteiger partial charge in [-0.05, 0) is 24.3 Å². The fraction of sp³-hybridized carbons (Fsp3) is 0.200. The molecule has 1 aromatic heterocycles. The number of rotatable bonds is 6. The Labute approximate surface area is 132 Å². The molecule has 0 spiro atoms.